The summed E-state index contributed by atoms with van der Waals surface area (Å²) in [7, 11) is 0. The van der Waals surface area contributed by atoms with Crippen LogP contribution in [0.1, 0.15) is 32.1 Å². The lowest BCUT2D eigenvalue weighted by Crippen LogP contribution is -2.44. The quantitative estimate of drug-likeness (QED) is 0.637. The Morgan fingerprint density at radius 2 is 1.88 bits per heavy atom. The molecule has 16 heavy (non-hydrogen) atoms. The molecule has 0 radical (unpaired) electrons. The van der Waals surface area contributed by atoms with Crippen LogP contribution in [0.4, 0.5) is 0 Å². The number of aliphatic hydroxyl groups excluding tert-OH is 1. The van der Waals surface area contributed by atoms with Gasteiger partial charge in [-0.3, -0.25) is 9.59 Å². The molecule has 5 nitrogen and oxygen atoms in total. The molecule has 2 saturated carbocycles. The van der Waals surface area contributed by atoms with E-state index in [0.717, 1.165) is 19.3 Å². The minimum atomic E-state index is -0.883. The zero-order chi connectivity index (χ0) is 11.8. The number of hydrogen-bond acceptors (Lipinski definition) is 3. The van der Waals surface area contributed by atoms with Crippen LogP contribution in [-0.2, 0) is 9.59 Å². The van der Waals surface area contributed by atoms with Crippen molar-refractivity contribution in [3.8, 4) is 0 Å². The first-order valence-electron chi connectivity index (χ1n) is 5.74. The number of carbonyl (C=O) groups excluding carboxylic acids is 1. The number of aliphatic hydroxyl groups is 1. The maximum atomic E-state index is 11.9. The standard InChI is InChI=1S/C11H17NO4/c13-6-11(4-5-11)12-9(14)7-2-1-3-8(7)10(15)16/h7-8,13H,1-6H2,(H,12,14)(H,15,16). The number of aliphatic carboxylic acids is 1. The summed E-state index contributed by atoms with van der Waals surface area (Å²) < 4.78 is 0. The van der Waals surface area contributed by atoms with E-state index in [2.05, 4.69) is 5.32 Å². The Morgan fingerprint density at radius 1 is 1.25 bits per heavy atom. The van der Waals surface area contributed by atoms with E-state index in [-0.39, 0.29) is 12.5 Å². The molecule has 2 atom stereocenters. The second-order valence-electron chi connectivity index (χ2n) is 4.91. The lowest BCUT2D eigenvalue weighted by Gasteiger charge is -2.20. The number of rotatable bonds is 4. The molecule has 2 aliphatic carbocycles. The van der Waals surface area contributed by atoms with E-state index in [1.807, 2.05) is 0 Å². The van der Waals surface area contributed by atoms with Gasteiger partial charge in [-0.1, -0.05) is 6.42 Å². The summed E-state index contributed by atoms with van der Waals surface area (Å²) in [5, 5.41) is 20.9. The highest BCUT2D eigenvalue weighted by Gasteiger charge is 2.46. The van der Waals surface area contributed by atoms with Gasteiger partial charge in [0, 0.05) is 0 Å². The van der Waals surface area contributed by atoms with Crippen LogP contribution < -0.4 is 5.32 Å². The summed E-state index contributed by atoms with van der Waals surface area (Å²) in [5.41, 5.74) is -0.442. The van der Waals surface area contributed by atoms with E-state index in [4.69, 9.17) is 10.2 Å². The maximum absolute atomic E-state index is 11.9. The Bertz CT molecular complexity index is 311. The smallest absolute Gasteiger partial charge is 0.307 e. The molecular weight excluding hydrogens is 210 g/mol. The third-order valence-corrected chi connectivity index (χ3v) is 3.71. The largest absolute Gasteiger partial charge is 0.481 e. The van der Waals surface area contributed by atoms with Crippen LogP contribution in [0.2, 0.25) is 0 Å². The molecular formula is C11H17NO4. The van der Waals surface area contributed by atoms with Crippen LogP contribution in [0.25, 0.3) is 0 Å². The Morgan fingerprint density at radius 3 is 2.38 bits per heavy atom. The van der Waals surface area contributed by atoms with Crippen molar-refractivity contribution in [1.29, 1.82) is 0 Å². The van der Waals surface area contributed by atoms with Crippen LogP contribution in [0, 0.1) is 11.8 Å². The van der Waals surface area contributed by atoms with Crippen LogP contribution >= 0.6 is 0 Å². The van der Waals surface area contributed by atoms with Crippen molar-refractivity contribution >= 4 is 11.9 Å². The third kappa shape index (κ3) is 2.04. The molecule has 1 amide bonds. The molecule has 0 aromatic rings. The van der Waals surface area contributed by atoms with Gasteiger partial charge in [0.25, 0.3) is 0 Å². The van der Waals surface area contributed by atoms with E-state index < -0.39 is 23.3 Å². The highest BCUT2D eigenvalue weighted by Crippen LogP contribution is 2.37. The van der Waals surface area contributed by atoms with Crippen molar-refractivity contribution in [3.05, 3.63) is 0 Å². The normalized spacial score (nSPS) is 31.1. The van der Waals surface area contributed by atoms with E-state index in [9.17, 15) is 9.59 Å². The first-order chi connectivity index (χ1) is 7.58. The molecule has 2 fully saturated rings. The van der Waals surface area contributed by atoms with Gasteiger partial charge in [-0.15, -0.1) is 0 Å². The van der Waals surface area contributed by atoms with Gasteiger partial charge in [-0.05, 0) is 25.7 Å². The number of nitrogens with one attached hydrogen (secondary N) is 1. The molecule has 0 aromatic carbocycles. The van der Waals surface area contributed by atoms with Gasteiger partial charge in [-0.25, -0.2) is 0 Å². The minimum absolute atomic E-state index is 0.0524. The fraction of sp³-hybridized carbons (Fsp3) is 0.818. The molecule has 0 saturated heterocycles. The van der Waals surface area contributed by atoms with Gasteiger partial charge in [0.15, 0.2) is 0 Å². The second-order valence-corrected chi connectivity index (χ2v) is 4.91. The molecule has 0 bridgehead atoms. The van der Waals surface area contributed by atoms with E-state index in [0.29, 0.717) is 12.8 Å². The van der Waals surface area contributed by atoms with Gasteiger partial charge < -0.3 is 15.5 Å². The van der Waals surface area contributed by atoms with Crippen LogP contribution in [0.15, 0.2) is 0 Å². The second kappa shape index (κ2) is 4.05. The van der Waals surface area contributed by atoms with Gasteiger partial charge in [0.2, 0.25) is 5.91 Å². The van der Waals surface area contributed by atoms with Crippen LogP contribution in [0.3, 0.4) is 0 Å². The Hall–Kier alpha value is -1.10. The Labute approximate surface area is 93.8 Å². The molecule has 90 valence electrons. The molecule has 2 unspecified atom stereocenters. The molecule has 0 heterocycles. The van der Waals surface area contributed by atoms with Crippen molar-refractivity contribution in [3.63, 3.8) is 0 Å². The Kier molecular flexibility index (Phi) is 2.88. The number of hydrogen-bond donors (Lipinski definition) is 3. The van der Waals surface area contributed by atoms with E-state index >= 15 is 0 Å². The highest BCUT2D eigenvalue weighted by atomic mass is 16.4. The lowest BCUT2D eigenvalue weighted by molar-refractivity contribution is -0.146. The molecule has 0 aromatic heterocycles. The van der Waals surface area contributed by atoms with Crippen molar-refractivity contribution in [2.45, 2.75) is 37.6 Å². The first kappa shape index (κ1) is 11.4. The average molecular weight is 227 g/mol. The molecule has 0 aliphatic heterocycles. The van der Waals surface area contributed by atoms with Gasteiger partial charge in [0.05, 0.1) is 24.0 Å². The number of carboxylic acids is 1. The maximum Gasteiger partial charge on any atom is 0.307 e. The molecule has 2 aliphatic rings. The van der Waals surface area contributed by atoms with Gasteiger partial charge in [0.1, 0.15) is 0 Å². The SMILES string of the molecule is O=C(O)C1CCCC1C(=O)NC1(CO)CC1. The summed E-state index contributed by atoms with van der Waals surface area (Å²) in [6, 6.07) is 0. The summed E-state index contributed by atoms with van der Waals surface area (Å²) in [6.45, 7) is -0.0524. The molecule has 2 rings (SSSR count). The average Bonchev–Trinajstić information content (AvgIpc) is 2.83. The zero-order valence-corrected chi connectivity index (χ0v) is 9.11. The van der Waals surface area contributed by atoms with Crippen molar-refractivity contribution in [2.75, 3.05) is 6.61 Å². The summed E-state index contributed by atoms with van der Waals surface area (Å²) >= 11 is 0. The van der Waals surface area contributed by atoms with Gasteiger partial charge >= 0.3 is 5.97 Å². The molecule has 3 N–H and O–H groups in total. The minimum Gasteiger partial charge on any atom is -0.481 e. The van der Waals surface area contributed by atoms with Crippen molar-refractivity contribution < 1.29 is 19.8 Å². The van der Waals surface area contributed by atoms with E-state index in [1.54, 1.807) is 0 Å². The fourth-order valence-electron chi connectivity index (χ4n) is 2.40. The molecule has 0 spiro atoms. The molecule has 5 heteroatoms. The van der Waals surface area contributed by atoms with Crippen molar-refractivity contribution in [1.82, 2.24) is 5.32 Å². The van der Waals surface area contributed by atoms with Crippen LogP contribution in [-0.4, -0.2) is 34.2 Å². The zero-order valence-electron chi connectivity index (χ0n) is 9.11. The fourth-order valence-corrected chi connectivity index (χ4v) is 2.40. The first-order valence-corrected chi connectivity index (χ1v) is 5.74. The Balaban J connectivity index is 1.96. The monoisotopic (exact) mass is 227 g/mol. The topological polar surface area (TPSA) is 86.6 Å². The van der Waals surface area contributed by atoms with Gasteiger partial charge in [-0.2, -0.15) is 0 Å². The van der Waals surface area contributed by atoms with Crippen LogP contribution in [0.5, 0.6) is 0 Å². The summed E-state index contributed by atoms with van der Waals surface area (Å²) in [6.07, 6.45) is 3.60. The summed E-state index contributed by atoms with van der Waals surface area (Å²) in [5.74, 6) is -2.04. The number of carbonyl (C=O) groups is 2. The predicted octanol–water partition coefficient (Wildman–Crippen LogP) is 0.128. The number of carboxylic acid groups (broad SMARTS) is 1. The number of amides is 1. The highest BCUT2D eigenvalue weighted by molar-refractivity contribution is 5.86. The predicted molar refractivity (Wildman–Crippen MR) is 55.7 cm³/mol. The lowest BCUT2D eigenvalue weighted by atomic mass is 9.95. The third-order valence-electron chi connectivity index (χ3n) is 3.71. The van der Waals surface area contributed by atoms with Crippen molar-refractivity contribution in [2.24, 2.45) is 11.8 Å². The van der Waals surface area contributed by atoms with E-state index in [1.165, 1.54) is 0 Å². The summed E-state index contributed by atoms with van der Waals surface area (Å²) in [4.78, 5) is 22.8.